The number of hydrogen-bond donors (Lipinski definition) is 1. The number of fused-ring (bicyclic) bond motifs is 1. The molecule has 3 rings (SSSR count). The first kappa shape index (κ1) is 22.6. The van der Waals surface area contributed by atoms with Crippen molar-refractivity contribution in [3.8, 4) is 0 Å². The van der Waals surface area contributed by atoms with Crippen molar-refractivity contribution in [1.29, 1.82) is 0 Å². The van der Waals surface area contributed by atoms with Gasteiger partial charge in [0.25, 0.3) is 0 Å². The summed E-state index contributed by atoms with van der Waals surface area (Å²) in [5, 5.41) is 2.90. The van der Waals surface area contributed by atoms with Gasteiger partial charge < -0.3 is 0 Å². The lowest BCUT2D eigenvalue weighted by Crippen LogP contribution is -2.30. The van der Waals surface area contributed by atoms with Gasteiger partial charge in [0.2, 0.25) is 0 Å². The second kappa shape index (κ2) is 9.84. The smallest absolute Gasteiger partial charge is 0.140 e. The number of allylic oxidation sites excluding steroid dienone is 2. The zero-order chi connectivity index (χ0) is 22.5. The molecule has 0 heterocycles. The van der Waals surface area contributed by atoms with Gasteiger partial charge in [-0.2, -0.15) is 0 Å². The Hall–Kier alpha value is -3.04. The van der Waals surface area contributed by atoms with Crippen LogP contribution in [0.25, 0.3) is 10.8 Å². The topological polar surface area (TPSA) is 15.6 Å². The minimum absolute atomic E-state index is 0.615. The van der Waals surface area contributed by atoms with Gasteiger partial charge in [0.1, 0.15) is 5.84 Å². The van der Waals surface area contributed by atoms with E-state index in [0.29, 0.717) is 5.03 Å². The van der Waals surface area contributed by atoms with E-state index in [2.05, 4.69) is 94.7 Å². The molecule has 2 nitrogen and oxygen atoms in total. The van der Waals surface area contributed by atoms with E-state index in [9.17, 15) is 0 Å². The molecule has 0 aliphatic heterocycles. The zero-order valence-electron chi connectivity index (χ0n) is 18.7. The lowest BCUT2D eigenvalue weighted by Gasteiger charge is -2.28. The molecule has 0 aromatic heterocycles. The van der Waals surface area contributed by atoms with Crippen molar-refractivity contribution in [3.05, 3.63) is 113 Å². The Morgan fingerprint density at radius 2 is 1.58 bits per heavy atom. The molecule has 3 heteroatoms. The fourth-order valence-corrected chi connectivity index (χ4v) is 4.12. The predicted molar refractivity (Wildman–Crippen MR) is 140 cm³/mol. The van der Waals surface area contributed by atoms with Crippen LogP contribution in [-0.4, -0.2) is 12.9 Å². The maximum Gasteiger partial charge on any atom is 0.140 e. The van der Waals surface area contributed by atoms with Crippen LogP contribution in [-0.2, 0) is 12.8 Å². The standard InChI is InChI=1S/C28H30N2S/c1-19(2)16-22-14-15-26(24(18-22)17-20(3)4)28(29-6)30(21(5)31)27-13-9-11-23-10-7-8-12-25(23)27/h7-15,18,31H,1,3,5,16-17H2,2,4,6H3. The maximum absolute atomic E-state index is 4.71. The van der Waals surface area contributed by atoms with Gasteiger partial charge >= 0.3 is 0 Å². The largest absolute Gasteiger partial charge is 0.289 e. The van der Waals surface area contributed by atoms with Crippen LogP contribution in [0.15, 0.2) is 102 Å². The van der Waals surface area contributed by atoms with Gasteiger partial charge in [-0.15, -0.1) is 12.6 Å². The van der Waals surface area contributed by atoms with Gasteiger partial charge in [-0.05, 0) is 49.3 Å². The van der Waals surface area contributed by atoms with Crippen LogP contribution < -0.4 is 4.90 Å². The second-order valence-electron chi connectivity index (χ2n) is 8.06. The average molecular weight is 427 g/mol. The maximum atomic E-state index is 4.71. The summed E-state index contributed by atoms with van der Waals surface area (Å²) in [5.41, 5.74) is 6.73. The molecule has 0 atom stereocenters. The third-order valence-corrected chi connectivity index (χ3v) is 5.30. The molecule has 31 heavy (non-hydrogen) atoms. The summed E-state index contributed by atoms with van der Waals surface area (Å²) in [6.45, 7) is 16.5. The average Bonchev–Trinajstić information content (AvgIpc) is 2.71. The normalized spacial score (nSPS) is 11.4. The molecule has 158 valence electrons. The summed E-state index contributed by atoms with van der Waals surface area (Å²) in [4.78, 5) is 6.74. The molecule has 0 bridgehead atoms. The summed E-state index contributed by atoms with van der Waals surface area (Å²) in [6.07, 6.45) is 1.63. The molecule has 0 N–H and O–H groups in total. The van der Waals surface area contributed by atoms with Crippen molar-refractivity contribution in [2.24, 2.45) is 4.99 Å². The van der Waals surface area contributed by atoms with E-state index in [1.807, 2.05) is 24.1 Å². The molecule has 0 unspecified atom stereocenters. The van der Waals surface area contributed by atoms with Gasteiger partial charge in [-0.25, -0.2) is 0 Å². The Bertz CT molecular complexity index is 1180. The van der Waals surface area contributed by atoms with Crippen molar-refractivity contribution in [3.63, 3.8) is 0 Å². The third-order valence-electron chi connectivity index (χ3n) is 5.10. The molecule has 0 radical (unpaired) electrons. The Morgan fingerprint density at radius 3 is 2.23 bits per heavy atom. The molecule has 3 aromatic carbocycles. The van der Waals surface area contributed by atoms with E-state index in [-0.39, 0.29) is 0 Å². The first-order valence-electron chi connectivity index (χ1n) is 10.3. The van der Waals surface area contributed by atoms with Gasteiger partial charge in [0, 0.05) is 18.0 Å². The first-order valence-corrected chi connectivity index (χ1v) is 10.8. The summed E-state index contributed by atoms with van der Waals surface area (Å²) < 4.78 is 0. The molecule has 0 fully saturated rings. The van der Waals surface area contributed by atoms with Gasteiger partial charge in [-0.1, -0.05) is 85.5 Å². The van der Waals surface area contributed by atoms with Gasteiger partial charge in [0.05, 0.1) is 10.7 Å². The van der Waals surface area contributed by atoms with Crippen molar-refractivity contribution in [2.75, 3.05) is 11.9 Å². The molecular formula is C28H30N2S. The number of anilines is 1. The van der Waals surface area contributed by atoms with Crippen LogP contribution >= 0.6 is 12.6 Å². The van der Waals surface area contributed by atoms with Crippen LogP contribution in [0.2, 0.25) is 0 Å². The highest BCUT2D eigenvalue weighted by Crippen LogP contribution is 2.32. The van der Waals surface area contributed by atoms with E-state index >= 15 is 0 Å². The first-order chi connectivity index (χ1) is 14.8. The van der Waals surface area contributed by atoms with Crippen LogP contribution in [0.1, 0.15) is 30.5 Å². The van der Waals surface area contributed by atoms with E-state index < -0.39 is 0 Å². The monoisotopic (exact) mass is 426 g/mol. The van der Waals surface area contributed by atoms with Crippen molar-refractivity contribution in [2.45, 2.75) is 26.7 Å². The highest BCUT2D eigenvalue weighted by atomic mass is 32.1. The molecule has 0 aliphatic carbocycles. The summed E-state index contributed by atoms with van der Waals surface area (Å²) >= 11 is 4.66. The second-order valence-corrected chi connectivity index (χ2v) is 8.57. The van der Waals surface area contributed by atoms with Crippen molar-refractivity contribution >= 4 is 34.9 Å². The minimum atomic E-state index is 0.615. The number of rotatable bonds is 7. The molecule has 3 aromatic rings. The van der Waals surface area contributed by atoms with E-state index in [1.165, 1.54) is 11.1 Å². The zero-order valence-corrected chi connectivity index (χ0v) is 19.5. The van der Waals surface area contributed by atoms with E-state index in [4.69, 9.17) is 4.99 Å². The summed E-state index contributed by atoms with van der Waals surface area (Å²) in [7, 11) is 1.82. The van der Waals surface area contributed by atoms with Crippen LogP contribution in [0.4, 0.5) is 5.69 Å². The Kier molecular flexibility index (Phi) is 7.19. The minimum Gasteiger partial charge on any atom is -0.289 e. The Balaban J connectivity index is 2.19. The molecular weight excluding hydrogens is 396 g/mol. The third kappa shape index (κ3) is 5.18. The number of aliphatic imine (C=N–C) groups is 1. The van der Waals surface area contributed by atoms with Crippen LogP contribution in [0.3, 0.4) is 0 Å². The lowest BCUT2D eigenvalue weighted by atomic mass is 9.95. The Morgan fingerprint density at radius 1 is 0.903 bits per heavy atom. The number of thiol groups is 1. The molecule has 0 aliphatic rings. The highest BCUT2D eigenvalue weighted by molar-refractivity contribution is 7.84. The molecule has 0 amide bonds. The predicted octanol–water partition coefficient (Wildman–Crippen LogP) is 7.36. The SMILES string of the molecule is C=C(C)Cc1ccc(C(=NC)N(C(=C)S)c2cccc3ccccc23)c(CC(=C)C)c1. The number of nitrogens with zero attached hydrogens (tertiary/aromatic N) is 2. The number of amidine groups is 1. The number of benzene rings is 3. The van der Waals surface area contributed by atoms with Crippen LogP contribution in [0.5, 0.6) is 0 Å². The summed E-state index contributed by atoms with van der Waals surface area (Å²) in [6, 6.07) is 21.1. The fraction of sp³-hybridized carbons (Fsp3) is 0.179. The molecule has 0 spiro atoms. The summed E-state index contributed by atoms with van der Waals surface area (Å²) in [5.74, 6) is 0.814. The molecule has 0 saturated carbocycles. The van der Waals surface area contributed by atoms with Crippen molar-refractivity contribution < 1.29 is 0 Å². The highest BCUT2D eigenvalue weighted by Gasteiger charge is 2.21. The quantitative estimate of drug-likeness (QED) is 0.181. The number of hydrogen-bond acceptors (Lipinski definition) is 2. The van der Waals surface area contributed by atoms with E-state index in [1.54, 1.807) is 0 Å². The van der Waals surface area contributed by atoms with Gasteiger partial charge in [0.15, 0.2) is 0 Å². The molecule has 0 saturated heterocycles. The van der Waals surface area contributed by atoms with Crippen LogP contribution in [0, 0.1) is 0 Å². The van der Waals surface area contributed by atoms with E-state index in [0.717, 1.165) is 51.8 Å². The van der Waals surface area contributed by atoms with Crippen molar-refractivity contribution in [1.82, 2.24) is 0 Å². The lowest BCUT2D eigenvalue weighted by molar-refractivity contribution is 1.10. The van der Waals surface area contributed by atoms with Gasteiger partial charge in [-0.3, -0.25) is 9.89 Å². The fourth-order valence-electron chi connectivity index (χ4n) is 3.91. The Labute approximate surface area is 191 Å².